The summed E-state index contributed by atoms with van der Waals surface area (Å²) in [6.07, 6.45) is 7.00. The number of carbonyl (C=O) groups excluding carboxylic acids is 4. The van der Waals surface area contributed by atoms with Gasteiger partial charge < -0.3 is 16.0 Å². The molecule has 0 heterocycles. The average Bonchev–Trinajstić information content (AvgIpc) is 2.76. The Morgan fingerprint density at radius 3 is 1.76 bits per heavy atom. The van der Waals surface area contributed by atoms with Gasteiger partial charge in [0.2, 0.25) is 17.7 Å². The van der Waals surface area contributed by atoms with E-state index in [1.807, 2.05) is 34.6 Å². The van der Waals surface area contributed by atoms with Gasteiger partial charge in [0.05, 0.1) is 0 Å². The molecule has 0 bridgehead atoms. The number of amides is 3. The molecule has 198 valence electrons. The summed E-state index contributed by atoms with van der Waals surface area (Å²) < 4.78 is 0. The maximum Gasteiger partial charge on any atom is 0.243 e. The predicted molar refractivity (Wildman–Crippen MR) is 142 cm³/mol. The van der Waals surface area contributed by atoms with Crippen molar-refractivity contribution in [1.82, 2.24) is 16.0 Å². The smallest absolute Gasteiger partial charge is 0.243 e. The molecule has 1 unspecified atom stereocenters. The van der Waals surface area contributed by atoms with Gasteiger partial charge in [-0.25, -0.2) is 0 Å². The molecule has 0 radical (unpaired) electrons. The third kappa shape index (κ3) is 14.6. The minimum absolute atomic E-state index is 0.0739. The normalized spacial score (nSPS) is 13.9. The first-order valence-corrected chi connectivity index (χ1v) is 13.7. The summed E-state index contributed by atoms with van der Waals surface area (Å²) in [5, 5.41) is 8.53. The number of ketones is 1. The van der Waals surface area contributed by atoms with Crippen LogP contribution in [0.4, 0.5) is 0 Å². The molecule has 0 aromatic carbocycles. The van der Waals surface area contributed by atoms with Crippen molar-refractivity contribution in [2.24, 2.45) is 17.8 Å². The van der Waals surface area contributed by atoms with Gasteiger partial charge in [0, 0.05) is 24.6 Å². The van der Waals surface area contributed by atoms with Gasteiger partial charge in [-0.05, 0) is 38.0 Å². The second kappa shape index (κ2) is 18.7. The van der Waals surface area contributed by atoms with Gasteiger partial charge in [-0.2, -0.15) is 12.6 Å². The molecule has 0 saturated carbocycles. The quantitative estimate of drug-likeness (QED) is 0.159. The fourth-order valence-electron chi connectivity index (χ4n) is 3.92. The zero-order valence-corrected chi connectivity index (χ0v) is 23.1. The Labute approximate surface area is 212 Å². The summed E-state index contributed by atoms with van der Waals surface area (Å²) in [6, 6.07) is -1.41. The maximum atomic E-state index is 13.2. The van der Waals surface area contributed by atoms with Crippen LogP contribution in [0.2, 0.25) is 0 Å². The topological polar surface area (TPSA) is 104 Å². The highest BCUT2D eigenvalue weighted by Crippen LogP contribution is 2.18. The summed E-state index contributed by atoms with van der Waals surface area (Å²) in [5.74, 6) is -0.923. The Morgan fingerprint density at radius 1 is 0.735 bits per heavy atom. The molecular weight excluding hydrogens is 450 g/mol. The fraction of sp³-hybridized carbons (Fsp3) is 0.846. The standard InChI is InChI=1S/C26H49N3O4S/c1-7-9-10-11-12-13-20(16-21(30)17-34)24(31)28-23(15-19(5)6)26(33)29-22(14-18(3)4)25(32)27-8-2/h18-20,22-23,34H,7-17H2,1-6H3,(H,27,32)(H,28,31)(H,29,33)/t20-,22?,23+/m1/s1. The third-order valence-corrected chi connectivity index (χ3v) is 6.06. The monoisotopic (exact) mass is 499 g/mol. The first kappa shape index (κ1) is 32.4. The van der Waals surface area contributed by atoms with Crippen LogP contribution in [0.1, 0.15) is 99.3 Å². The molecule has 0 aliphatic carbocycles. The van der Waals surface area contributed by atoms with Crippen molar-refractivity contribution in [1.29, 1.82) is 0 Å². The number of Topliss-reactive ketones (excluding diaryl/α,β-unsaturated/α-hetero) is 1. The molecule has 0 aliphatic heterocycles. The van der Waals surface area contributed by atoms with Crippen LogP contribution < -0.4 is 16.0 Å². The van der Waals surface area contributed by atoms with E-state index in [4.69, 9.17) is 0 Å². The summed E-state index contributed by atoms with van der Waals surface area (Å²) in [7, 11) is 0. The Kier molecular flexibility index (Phi) is 17.9. The van der Waals surface area contributed by atoms with Crippen molar-refractivity contribution < 1.29 is 19.2 Å². The number of hydrogen-bond acceptors (Lipinski definition) is 5. The summed E-state index contributed by atoms with van der Waals surface area (Å²) >= 11 is 4.06. The van der Waals surface area contributed by atoms with Gasteiger partial charge in [-0.3, -0.25) is 19.2 Å². The molecule has 8 heteroatoms. The number of rotatable bonds is 19. The first-order valence-electron chi connectivity index (χ1n) is 13.1. The molecular formula is C26H49N3O4S. The van der Waals surface area contributed by atoms with Gasteiger partial charge >= 0.3 is 0 Å². The lowest BCUT2D eigenvalue weighted by Gasteiger charge is -2.26. The van der Waals surface area contributed by atoms with Crippen molar-refractivity contribution in [3.63, 3.8) is 0 Å². The van der Waals surface area contributed by atoms with Crippen LogP contribution in [-0.4, -0.2) is 47.9 Å². The lowest BCUT2D eigenvalue weighted by Crippen LogP contribution is -2.55. The van der Waals surface area contributed by atoms with Gasteiger partial charge in [-0.1, -0.05) is 66.7 Å². The van der Waals surface area contributed by atoms with Crippen molar-refractivity contribution in [3.8, 4) is 0 Å². The van der Waals surface area contributed by atoms with E-state index in [1.54, 1.807) is 0 Å². The van der Waals surface area contributed by atoms with Crippen LogP contribution in [0.25, 0.3) is 0 Å². The van der Waals surface area contributed by atoms with Gasteiger partial charge in [0.15, 0.2) is 0 Å². The van der Waals surface area contributed by atoms with E-state index in [2.05, 4.69) is 35.5 Å². The SMILES string of the molecule is CCCCCCC[C@H](CC(=O)CS)C(=O)N[C@@H](CC(C)C)C(=O)NC(CC(C)C)C(=O)NCC. The van der Waals surface area contributed by atoms with Crippen LogP contribution in [-0.2, 0) is 19.2 Å². The molecule has 0 fully saturated rings. The van der Waals surface area contributed by atoms with Gasteiger partial charge in [0.1, 0.15) is 17.9 Å². The van der Waals surface area contributed by atoms with E-state index in [0.29, 0.717) is 25.8 Å². The van der Waals surface area contributed by atoms with Crippen LogP contribution in [0, 0.1) is 17.8 Å². The Balaban J connectivity index is 5.40. The number of likely N-dealkylation sites (N-methyl/N-ethyl adjacent to an activating group) is 1. The van der Waals surface area contributed by atoms with Crippen LogP contribution in [0.5, 0.6) is 0 Å². The van der Waals surface area contributed by atoms with E-state index < -0.39 is 18.0 Å². The molecule has 34 heavy (non-hydrogen) atoms. The van der Waals surface area contributed by atoms with E-state index in [1.165, 1.54) is 0 Å². The van der Waals surface area contributed by atoms with E-state index in [0.717, 1.165) is 32.1 Å². The van der Waals surface area contributed by atoms with Crippen LogP contribution >= 0.6 is 12.6 Å². The third-order valence-electron chi connectivity index (χ3n) is 5.71. The lowest BCUT2D eigenvalue weighted by molar-refractivity contribution is -0.134. The molecule has 3 atom stereocenters. The van der Waals surface area contributed by atoms with Crippen molar-refractivity contribution in [2.45, 2.75) is 111 Å². The number of carbonyl (C=O) groups is 4. The Hall–Kier alpha value is -1.57. The summed E-state index contributed by atoms with van der Waals surface area (Å²) in [5.41, 5.74) is 0. The van der Waals surface area contributed by atoms with Gasteiger partial charge in [0.25, 0.3) is 0 Å². The zero-order valence-electron chi connectivity index (χ0n) is 22.2. The molecule has 0 saturated heterocycles. The summed E-state index contributed by atoms with van der Waals surface area (Å²) in [6.45, 7) is 12.4. The Bertz CT molecular complexity index is 625. The molecule has 3 amide bonds. The van der Waals surface area contributed by atoms with E-state index >= 15 is 0 Å². The number of unbranched alkanes of at least 4 members (excludes halogenated alkanes) is 4. The molecule has 0 rings (SSSR count). The molecule has 0 spiro atoms. The predicted octanol–water partition coefficient (Wildman–Crippen LogP) is 4.05. The molecule has 0 aliphatic rings. The second-order valence-corrected chi connectivity index (χ2v) is 10.4. The first-order chi connectivity index (χ1) is 16.0. The number of nitrogens with one attached hydrogen (secondary N) is 3. The molecule has 0 aromatic rings. The largest absolute Gasteiger partial charge is 0.355 e. The molecule has 0 aromatic heterocycles. The van der Waals surface area contributed by atoms with E-state index in [-0.39, 0.29) is 47.5 Å². The lowest BCUT2D eigenvalue weighted by atomic mass is 9.93. The average molecular weight is 500 g/mol. The van der Waals surface area contributed by atoms with Gasteiger partial charge in [-0.15, -0.1) is 0 Å². The minimum Gasteiger partial charge on any atom is -0.355 e. The number of hydrogen-bond donors (Lipinski definition) is 4. The van der Waals surface area contributed by atoms with Crippen LogP contribution in [0.15, 0.2) is 0 Å². The fourth-order valence-corrected chi connectivity index (χ4v) is 4.05. The highest BCUT2D eigenvalue weighted by molar-refractivity contribution is 7.81. The van der Waals surface area contributed by atoms with Crippen LogP contribution in [0.3, 0.4) is 0 Å². The molecule has 7 nitrogen and oxygen atoms in total. The van der Waals surface area contributed by atoms with Crippen molar-refractivity contribution in [3.05, 3.63) is 0 Å². The second-order valence-electron chi connectivity index (χ2n) is 10.1. The summed E-state index contributed by atoms with van der Waals surface area (Å²) in [4.78, 5) is 50.9. The molecule has 3 N–H and O–H groups in total. The van der Waals surface area contributed by atoms with Crippen molar-refractivity contribution in [2.75, 3.05) is 12.3 Å². The zero-order chi connectivity index (χ0) is 26.1. The number of thiol groups is 1. The maximum absolute atomic E-state index is 13.2. The van der Waals surface area contributed by atoms with E-state index in [9.17, 15) is 19.2 Å². The highest BCUT2D eigenvalue weighted by atomic mass is 32.1. The minimum atomic E-state index is -0.759. The highest BCUT2D eigenvalue weighted by Gasteiger charge is 2.30. The van der Waals surface area contributed by atoms with Crippen molar-refractivity contribution >= 4 is 36.1 Å². The Morgan fingerprint density at radius 2 is 1.26 bits per heavy atom.